The van der Waals surface area contributed by atoms with Crippen LogP contribution < -0.4 is 15.4 Å². The van der Waals surface area contributed by atoms with Crippen LogP contribution in [-0.4, -0.2) is 44.7 Å². The second kappa shape index (κ2) is 12.0. The van der Waals surface area contributed by atoms with Crippen LogP contribution in [0.1, 0.15) is 36.6 Å². The summed E-state index contributed by atoms with van der Waals surface area (Å²) in [6, 6.07) is 9.05. The van der Waals surface area contributed by atoms with Gasteiger partial charge in [0.1, 0.15) is 5.76 Å². The van der Waals surface area contributed by atoms with Crippen molar-refractivity contribution in [2.75, 3.05) is 33.8 Å². The SMILES string of the molecule is CN=C(NCc1ccc(OC)c(F)c1)NCC(c1ccco1)N1CCCCC1.I. The Kier molecular flexibility index (Phi) is 9.72. The number of piperidine rings is 1. The lowest BCUT2D eigenvalue weighted by molar-refractivity contribution is 0.146. The third-order valence-electron chi connectivity index (χ3n) is 5.07. The summed E-state index contributed by atoms with van der Waals surface area (Å²) in [6.45, 7) is 3.30. The van der Waals surface area contributed by atoms with Crippen LogP contribution in [-0.2, 0) is 6.54 Å². The molecule has 1 unspecified atom stereocenters. The predicted molar refractivity (Wildman–Crippen MR) is 123 cm³/mol. The summed E-state index contributed by atoms with van der Waals surface area (Å²) in [5, 5.41) is 6.62. The van der Waals surface area contributed by atoms with Crippen molar-refractivity contribution in [1.82, 2.24) is 15.5 Å². The van der Waals surface area contributed by atoms with E-state index < -0.39 is 0 Å². The first-order chi connectivity index (χ1) is 13.7. The van der Waals surface area contributed by atoms with Gasteiger partial charge in [-0.15, -0.1) is 24.0 Å². The van der Waals surface area contributed by atoms with E-state index >= 15 is 0 Å². The molecule has 0 amide bonds. The Balaban J connectivity index is 0.00000300. The fourth-order valence-corrected chi connectivity index (χ4v) is 3.54. The molecule has 0 radical (unpaired) electrons. The summed E-state index contributed by atoms with van der Waals surface area (Å²) in [6.07, 6.45) is 5.44. The van der Waals surface area contributed by atoms with Gasteiger partial charge in [-0.05, 0) is 55.8 Å². The number of furan rings is 1. The topological polar surface area (TPSA) is 62.0 Å². The molecular formula is C21H30FIN4O2. The van der Waals surface area contributed by atoms with E-state index in [9.17, 15) is 4.39 Å². The highest BCUT2D eigenvalue weighted by molar-refractivity contribution is 14.0. The fraction of sp³-hybridized carbons (Fsp3) is 0.476. The predicted octanol–water partition coefficient (Wildman–Crippen LogP) is 3.94. The van der Waals surface area contributed by atoms with Crippen molar-refractivity contribution in [2.24, 2.45) is 4.99 Å². The Morgan fingerprint density at radius 2 is 2.03 bits per heavy atom. The molecule has 0 saturated carbocycles. The Labute approximate surface area is 188 Å². The second-order valence-electron chi connectivity index (χ2n) is 6.90. The number of nitrogens with one attached hydrogen (secondary N) is 2. The normalized spacial score (nSPS) is 16.0. The molecule has 1 aromatic heterocycles. The number of ether oxygens (including phenoxy) is 1. The van der Waals surface area contributed by atoms with E-state index in [0.717, 1.165) is 24.4 Å². The van der Waals surface area contributed by atoms with Crippen molar-refractivity contribution in [3.63, 3.8) is 0 Å². The molecule has 1 aromatic carbocycles. The van der Waals surface area contributed by atoms with Crippen molar-refractivity contribution in [3.8, 4) is 5.75 Å². The molecule has 160 valence electrons. The van der Waals surface area contributed by atoms with Crippen molar-refractivity contribution < 1.29 is 13.5 Å². The number of halogens is 2. The lowest BCUT2D eigenvalue weighted by atomic mass is 10.1. The first kappa shape index (κ1) is 23.5. The van der Waals surface area contributed by atoms with E-state index in [4.69, 9.17) is 9.15 Å². The lowest BCUT2D eigenvalue weighted by Gasteiger charge is -2.33. The van der Waals surface area contributed by atoms with Crippen molar-refractivity contribution in [2.45, 2.75) is 31.8 Å². The molecule has 3 rings (SSSR count). The van der Waals surface area contributed by atoms with E-state index in [1.807, 2.05) is 18.2 Å². The van der Waals surface area contributed by atoms with Crippen LogP contribution in [0.4, 0.5) is 4.39 Å². The molecule has 8 heteroatoms. The zero-order valence-corrected chi connectivity index (χ0v) is 19.3. The number of hydrogen-bond donors (Lipinski definition) is 2. The lowest BCUT2D eigenvalue weighted by Crippen LogP contribution is -2.44. The van der Waals surface area contributed by atoms with Gasteiger partial charge in [0, 0.05) is 20.1 Å². The first-order valence-corrected chi connectivity index (χ1v) is 9.75. The molecule has 1 aliphatic rings. The summed E-state index contributed by atoms with van der Waals surface area (Å²) in [4.78, 5) is 6.74. The summed E-state index contributed by atoms with van der Waals surface area (Å²) >= 11 is 0. The standard InChI is InChI=1S/C21H29FN4O2.HI/c1-23-21(24-14-16-8-9-19(27-2)17(22)13-16)25-15-18(20-7-6-12-28-20)26-10-4-3-5-11-26;/h6-9,12-13,18H,3-5,10-11,14-15H2,1-2H3,(H2,23,24,25);1H. The second-order valence-corrected chi connectivity index (χ2v) is 6.90. The summed E-state index contributed by atoms with van der Waals surface area (Å²) in [5.41, 5.74) is 0.819. The number of rotatable bonds is 7. The van der Waals surface area contributed by atoms with Crippen LogP contribution in [0.2, 0.25) is 0 Å². The molecule has 29 heavy (non-hydrogen) atoms. The largest absolute Gasteiger partial charge is 0.494 e. The number of nitrogens with zero attached hydrogens (tertiary/aromatic N) is 2. The highest BCUT2D eigenvalue weighted by Gasteiger charge is 2.24. The average molecular weight is 516 g/mol. The maximum Gasteiger partial charge on any atom is 0.191 e. The van der Waals surface area contributed by atoms with Gasteiger partial charge in [-0.3, -0.25) is 9.89 Å². The maximum atomic E-state index is 13.9. The summed E-state index contributed by atoms with van der Waals surface area (Å²) in [5.74, 6) is 1.51. The van der Waals surface area contributed by atoms with Gasteiger partial charge in [-0.1, -0.05) is 12.5 Å². The third-order valence-corrected chi connectivity index (χ3v) is 5.07. The van der Waals surface area contributed by atoms with E-state index in [1.54, 1.807) is 19.4 Å². The van der Waals surface area contributed by atoms with E-state index in [0.29, 0.717) is 19.0 Å². The molecule has 0 spiro atoms. The minimum atomic E-state index is -0.368. The minimum Gasteiger partial charge on any atom is -0.494 e. The van der Waals surface area contributed by atoms with Crippen molar-refractivity contribution in [3.05, 3.63) is 53.7 Å². The first-order valence-electron chi connectivity index (χ1n) is 9.75. The van der Waals surface area contributed by atoms with Crippen LogP contribution >= 0.6 is 24.0 Å². The van der Waals surface area contributed by atoms with Gasteiger partial charge in [0.05, 0.1) is 19.4 Å². The zero-order valence-electron chi connectivity index (χ0n) is 17.0. The molecule has 1 aliphatic heterocycles. The molecule has 1 fully saturated rings. The molecule has 1 atom stereocenters. The Morgan fingerprint density at radius 3 is 2.66 bits per heavy atom. The Hall–Kier alpha value is -1.81. The zero-order chi connectivity index (χ0) is 19.8. The molecule has 0 aliphatic carbocycles. The number of benzene rings is 1. The molecule has 6 nitrogen and oxygen atoms in total. The number of methoxy groups -OCH3 is 1. The van der Waals surface area contributed by atoms with E-state index in [2.05, 4.69) is 20.5 Å². The van der Waals surface area contributed by atoms with Gasteiger partial charge in [-0.2, -0.15) is 0 Å². The van der Waals surface area contributed by atoms with Crippen molar-refractivity contribution in [1.29, 1.82) is 0 Å². The van der Waals surface area contributed by atoms with Crippen LogP contribution in [0.3, 0.4) is 0 Å². The van der Waals surface area contributed by atoms with Crippen LogP contribution in [0.5, 0.6) is 5.75 Å². The summed E-state index contributed by atoms with van der Waals surface area (Å²) in [7, 11) is 3.19. The average Bonchev–Trinajstić information content (AvgIpc) is 3.26. The smallest absolute Gasteiger partial charge is 0.191 e. The maximum absolute atomic E-state index is 13.9. The number of aliphatic imine (C=N–C) groups is 1. The minimum absolute atomic E-state index is 0. The van der Waals surface area contributed by atoms with Gasteiger partial charge in [-0.25, -0.2) is 4.39 Å². The van der Waals surface area contributed by atoms with Gasteiger partial charge in [0.15, 0.2) is 17.5 Å². The number of guanidine groups is 1. The molecule has 2 aromatic rings. The molecule has 2 heterocycles. The van der Waals surface area contributed by atoms with Crippen LogP contribution in [0, 0.1) is 5.82 Å². The van der Waals surface area contributed by atoms with Crippen molar-refractivity contribution >= 4 is 29.9 Å². The van der Waals surface area contributed by atoms with Crippen LogP contribution in [0.25, 0.3) is 0 Å². The van der Waals surface area contributed by atoms with Gasteiger partial charge in [0.25, 0.3) is 0 Å². The van der Waals surface area contributed by atoms with Gasteiger partial charge in [0.2, 0.25) is 0 Å². The highest BCUT2D eigenvalue weighted by atomic mass is 127. The number of hydrogen-bond acceptors (Lipinski definition) is 4. The highest BCUT2D eigenvalue weighted by Crippen LogP contribution is 2.24. The fourth-order valence-electron chi connectivity index (χ4n) is 3.54. The molecule has 2 N–H and O–H groups in total. The van der Waals surface area contributed by atoms with Gasteiger partial charge >= 0.3 is 0 Å². The Morgan fingerprint density at radius 1 is 1.24 bits per heavy atom. The molecular weight excluding hydrogens is 486 g/mol. The van der Waals surface area contributed by atoms with E-state index in [-0.39, 0.29) is 41.6 Å². The van der Waals surface area contributed by atoms with E-state index in [1.165, 1.54) is 32.4 Å². The summed E-state index contributed by atoms with van der Waals surface area (Å²) < 4.78 is 24.5. The van der Waals surface area contributed by atoms with Crippen LogP contribution in [0.15, 0.2) is 46.0 Å². The monoisotopic (exact) mass is 516 g/mol. The van der Waals surface area contributed by atoms with Gasteiger partial charge < -0.3 is 19.8 Å². The molecule has 0 bridgehead atoms. The number of likely N-dealkylation sites (tertiary alicyclic amines) is 1. The molecule has 1 saturated heterocycles. The quantitative estimate of drug-likeness (QED) is 0.332. The Bertz CT molecular complexity index is 764. The third kappa shape index (κ3) is 6.60.